The van der Waals surface area contributed by atoms with E-state index in [0.717, 1.165) is 34.4 Å². The summed E-state index contributed by atoms with van der Waals surface area (Å²) >= 11 is 0. The normalized spacial score (nSPS) is 17.8. The van der Waals surface area contributed by atoms with Crippen LogP contribution in [0.1, 0.15) is 24.8 Å². The second-order valence-corrected chi connectivity index (χ2v) is 10.6. The highest BCUT2D eigenvalue weighted by molar-refractivity contribution is 5.91. The third kappa shape index (κ3) is 4.99. The molecule has 2 amide bonds. The van der Waals surface area contributed by atoms with Crippen molar-refractivity contribution in [2.45, 2.75) is 37.0 Å². The Hall–Kier alpha value is -4.44. The number of fused-ring (bicyclic) bond motifs is 1. The summed E-state index contributed by atoms with van der Waals surface area (Å²) in [5, 5.41) is 12.8. The highest BCUT2D eigenvalue weighted by Gasteiger charge is 2.47. The van der Waals surface area contributed by atoms with Gasteiger partial charge in [-0.25, -0.2) is 19.2 Å². The predicted octanol–water partition coefficient (Wildman–Crippen LogP) is 5.21. The number of nitrogens with one attached hydrogen (secondary N) is 2. The number of halogens is 4. The second kappa shape index (κ2) is 10.2. The SMILES string of the molecule is N#CCC1(n2ccc(-c3ncnc4[nH]ccc34)c2)CN(C2CCN(C(=O)Nc3ccc(F)cc3C(F)(F)F)CC2)C1. The molecule has 0 spiro atoms. The first kappa shape index (κ1) is 26.8. The van der Waals surface area contributed by atoms with Crippen LogP contribution in [-0.2, 0) is 11.7 Å². The molecular formula is C28H26F4N8O. The molecule has 2 fully saturated rings. The van der Waals surface area contributed by atoms with Gasteiger partial charge in [-0.2, -0.15) is 18.4 Å². The predicted molar refractivity (Wildman–Crippen MR) is 142 cm³/mol. The molecule has 4 aromatic rings. The van der Waals surface area contributed by atoms with E-state index in [1.807, 2.05) is 30.7 Å². The van der Waals surface area contributed by atoms with Gasteiger partial charge in [0, 0.05) is 61.8 Å². The average molecular weight is 567 g/mol. The molecule has 212 valence electrons. The molecule has 0 unspecified atom stereocenters. The van der Waals surface area contributed by atoms with Gasteiger partial charge >= 0.3 is 12.2 Å². The lowest BCUT2D eigenvalue weighted by atomic mass is 9.83. The Morgan fingerprint density at radius 1 is 1.17 bits per heavy atom. The summed E-state index contributed by atoms with van der Waals surface area (Å²) in [6.07, 6.45) is 4.16. The van der Waals surface area contributed by atoms with Crippen LogP contribution in [0.4, 0.5) is 28.0 Å². The lowest BCUT2D eigenvalue weighted by Crippen LogP contribution is -2.66. The van der Waals surface area contributed by atoms with E-state index in [1.165, 1.54) is 11.2 Å². The minimum Gasteiger partial charge on any atom is -0.346 e. The van der Waals surface area contributed by atoms with Crippen LogP contribution in [0.5, 0.6) is 0 Å². The van der Waals surface area contributed by atoms with E-state index in [4.69, 9.17) is 0 Å². The van der Waals surface area contributed by atoms with Crippen LogP contribution in [0.2, 0.25) is 0 Å². The second-order valence-electron chi connectivity index (χ2n) is 10.6. The van der Waals surface area contributed by atoms with E-state index >= 15 is 0 Å². The zero-order valence-corrected chi connectivity index (χ0v) is 21.8. The van der Waals surface area contributed by atoms with Crippen LogP contribution in [0.25, 0.3) is 22.3 Å². The molecule has 0 aliphatic carbocycles. The van der Waals surface area contributed by atoms with Crippen LogP contribution in [0.15, 0.2) is 55.2 Å². The zero-order chi connectivity index (χ0) is 28.8. The summed E-state index contributed by atoms with van der Waals surface area (Å²) in [5.41, 5.74) is 0.417. The fraction of sp³-hybridized carbons (Fsp3) is 0.357. The van der Waals surface area contributed by atoms with E-state index < -0.39 is 29.3 Å². The molecule has 2 N–H and O–H groups in total. The minimum atomic E-state index is -4.80. The number of likely N-dealkylation sites (tertiary alicyclic amines) is 2. The molecule has 1 aromatic carbocycles. The number of urea groups is 1. The Bertz CT molecular complexity index is 1620. The molecule has 0 saturated carbocycles. The number of aromatic nitrogens is 4. The van der Waals surface area contributed by atoms with Crippen molar-refractivity contribution in [3.05, 3.63) is 66.6 Å². The zero-order valence-electron chi connectivity index (χ0n) is 21.8. The lowest BCUT2D eigenvalue weighted by Gasteiger charge is -2.54. The number of anilines is 1. The number of alkyl halides is 3. The summed E-state index contributed by atoms with van der Waals surface area (Å²) in [6.45, 7) is 2.07. The number of carbonyl (C=O) groups is 1. The number of H-pyrrole nitrogens is 1. The topological polar surface area (TPSA) is 106 Å². The van der Waals surface area contributed by atoms with Crippen molar-refractivity contribution >= 4 is 22.8 Å². The molecule has 6 rings (SSSR count). The van der Waals surface area contributed by atoms with Crippen LogP contribution < -0.4 is 5.32 Å². The van der Waals surface area contributed by atoms with Crippen molar-refractivity contribution in [2.75, 3.05) is 31.5 Å². The van der Waals surface area contributed by atoms with E-state index in [1.54, 1.807) is 0 Å². The summed E-state index contributed by atoms with van der Waals surface area (Å²) < 4.78 is 55.5. The number of hydrogen-bond acceptors (Lipinski definition) is 5. The summed E-state index contributed by atoms with van der Waals surface area (Å²) in [6, 6.07) is 7.96. The maximum atomic E-state index is 13.4. The summed E-state index contributed by atoms with van der Waals surface area (Å²) in [7, 11) is 0. The molecule has 0 radical (unpaired) electrons. The summed E-state index contributed by atoms with van der Waals surface area (Å²) in [4.78, 5) is 28.3. The molecular weight excluding hydrogens is 540 g/mol. The molecule has 41 heavy (non-hydrogen) atoms. The number of piperidine rings is 1. The van der Waals surface area contributed by atoms with Crippen molar-refractivity contribution in [3.63, 3.8) is 0 Å². The Labute approximate surface area is 232 Å². The van der Waals surface area contributed by atoms with Gasteiger partial charge in [-0.15, -0.1) is 0 Å². The number of benzene rings is 1. The van der Waals surface area contributed by atoms with E-state index in [9.17, 15) is 27.6 Å². The first-order valence-electron chi connectivity index (χ1n) is 13.2. The first-order valence-corrected chi connectivity index (χ1v) is 13.2. The van der Waals surface area contributed by atoms with Gasteiger partial charge in [0.15, 0.2) is 0 Å². The van der Waals surface area contributed by atoms with E-state index in [0.29, 0.717) is 51.5 Å². The minimum absolute atomic E-state index is 0.179. The smallest absolute Gasteiger partial charge is 0.346 e. The molecule has 5 heterocycles. The Balaban J connectivity index is 1.09. The quantitative estimate of drug-likeness (QED) is 0.323. The standard InChI is InChI=1S/C28H26F4N8O/c29-19-1-2-23(22(13-19)28(30,31)32)37-26(41)38-10-5-20(6-11-38)39-15-27(16-39,7-8-33)40-12-4-18(14-40)24-21-3-9-34-25(21)36-17-35-24/h1-4,9,12-14,17,20H,5-7,10-11,15-16H2,(H,37,41)(H,34,35,36). The van der Waals surface area contributed by atoms with Gasteiger partial charge in [0.05, 0.1) is 35.0 Å². The van der Waals surface area contributed by atoms with Gasteiger partial charge < -0.3 is 19.8 Å². The van der Waals surface area contributed by atoms with Gasteiger partial charge in [0.1, 0.15) is 17.8 Å². The number of aromatic amines is 1. The molecule has 3 aromatic heterocycles. The molecule has 2 aliphatic heterocycles. The monoisotopic (exact) mass is 566 g/mol. The number of carbonyl (C=O) groups excluding carboxylic acids is 1. The number of nitriles is 1. The van der Waals surface area contributed by atoms with Crippen molar-refractivity contribution in [2.24, 2.45) is 0 Å². The molecule has 2 saturated heterocycles. The maximum Gasteiger partial charge on any atom is 0.418 e. The fourth-order valence-corrected chi connectivity index (χ4v) is 5.90. The van der Waals surface area contributed by atoms with E-state index in [2.05, 4.69) is 35.8 Å². The van der Waals surface area contributed by atoms with Gasteiger partial charge in [-0.1, -0.05) is 0 Å². The highest BCUT2D eigenvalue weighted by Crippen LogP contribution is 2.39. The number of rotatable bonds is 5. The third-order valence-corrected chi connectivity index (χ3v) is 8.07. The Kier molecular flexibility index (Phi) is 6.65. The van der Waals surface area contributed by atoms with Gasteiger partial charge in [0.25, 0.3) is 0 Å². The van der Waals surface area contributed by atoms with Crippen LogP contribution in [0.3, 0.4) is 0 Å². The third-order valence-electron chi connectivity index (χ3n) is 8.07. The largest absolute Gasteiger partial charge is 0.418 e. The average Bonchev–Trinajstić information content (AvgIpc) is 3.61. The molecule has 2 aliphatic rings. The number of hydrogen-bond donors (Lipinski definition) is 2. The van der Waals surface area contributed by atoms with Gasteiger partial charge in [-0.05, 0) is 43.2 Å². The highest BCUT2D eigenvalue weighted by atomic mass is 19.4. The van der Waals surface area contributed by atoms with Crippen molar-refractivity contribution in [3.8, 4) is 17.3 Å². The van der Waals surface area contributed by atoms with Crippen molar-refractivity contribution in [1.29, 1.82) is 5.26 Å². The van der Waals surface area contributed by atoms with Crippen molar-refractivity contribution < 1.29 is 22.4 Å². The fourth-order valence-electron chi connectivity index (χ4n) is 5.90. The summed E-state index contributed by atoms with van der Waals surface area (Å²) in [5.74, 6) is -1.03. The van der Waals surface area contributed by atoms with Gasteiger partial charge in [0.2, 0.25) is 0 Å². The van der Waals surface area contributed by atoms with Crippen LogP contribution >= 0.6 is 0 Å². The molecule has 13 heteroatoms. The molecule has 9 nitrogen and oxygen atoms in total. The Morgan fingerprint density at radius 2 is 1.95 bits per heavy atom. The number of amides is 2. The van der Waals surface area contributed by atoms with Crippen LogP contribution in [0, 0.1) is 17.1 Å². The molecule has 0 atom stereocenters. The number of nitrogens with zero attached hydrogens (tertiary/aromatic N) is 6. The maximum absolute atomic E-state index is 13.4. The first-order chi connectivity index (χ1) is 19.7. The van der Waals surface area contributed by atoms with Crippen molar-refractivity contribution in [1.82, 2.24) is 29.3 Å². The van der Waals surface area contributed by atoms with Gasteiger partial charge in [-0.3, -0.25) is 4.90 Å². The van der Waals surface area contributed by atoms with E-state index in [-0.39, 0.29) is 11.6 Å². The lowest BCUT2D eigenvalue weighted by molar-refractivity contribution is -0.137. The Morgan fingerprint density at radius 3 is 2.68 bits per heavy atom. The molecule has 0 bridgehead atoms. The van der Waals surface area contributed by atoms with Crippen LogP contribution in [-0.4, -0.2) is 67.6 Å².